The van der Waals surface area contributed by atoms with Gasteiger partial charge in [-0.25, -0.2) is 4.79 Å². The van der Waals surface area contributed by atoms with E-state index < -0.39 is 0 Å². The van der Waals surface area contributed by atoms with Gasteiger partial charge in [0, 0.05) is 15.4 Å². The fraction of sp³-hybridized carbons (Fsp3) is 0.444. The van der Waals surface area contributed by atoms with E-state index in [-0.39, 0.29) is 6.03 Å². The standard InChI is InChI=1S/C9H11BrN2OS/c10-7-3-4-14-8(7)5-11-9(13)12-6-1-2-6/h3-4,6H,1-2,5H2,(H2,11,12,13). The second-order valence-electron chi connectivity index (χ2n) is 3.29. The van der Waals surface area contributed by atoms with E-state index in [4.69, 9.17) is 0 Å². The van der Waals surface area contributed by atoms with E-state index >= 15 is 0 Å². The van der Waals surface area contributed by atoms with Crippen LogP contribution in [0.1, 0.15) is 17.7 Å². The summed E-state index contributed by atoms with van der Waals surface area (Å²) >= 11 is 5.05. The fourth-order valence-corrected chi connectivity index (χ4v) is 2.51. The Morgan fingerprint density at radius 3 is 3.00 bits per heavy atom. The number of halogens is 1. The Kier molecular flexibility index (Phi) is 3.08. The molecule has 1 heterocycles. The van der Waals surface area contributed by atoms with Gasteiger partial charge in [-0.15, -0.1) is 11.3 Å². The normalized spacial score (nSPS) is 15.2. The highest BCUT2D eigenvalue weighted by Gasteiger charge is 2.22. The molecule has 0 saturated heterocycles. The predicted octanol–water partition coefficient (Wildman–Crippen LogP) is 2.47. The molecular weight excluding hydrogens is 264 g/mol. The van der Waals surface area contributed by atoms with Crippen molar-refractivity contribution < 1.29 is 4.79 Å². The number of amides is 2. The summed E-state index contributed by atoms with van der Waals surface area (Å²) in [7, 11) is 0. The van der Waals surface area contributed by atoms with E-state index in [9.17, 15) is 4.79 Å². The van der Waals surface area contributed by atoms with Gasteiger partial charge >= 0.3 is 6.03 Å². The van der Waals surface area contributed by atoms with E-state index in [0.717, 1.165) is 22.2 Å². The number of thiophene rings is 1. The van der Waals surface area contributed by atoms with Crippen molar-refractivity contribution in [2.45, 2.75) is 25.4 Å². The SMILES string of the molecule is O=C(NCc1sccc1Br)NC1CC1. The Morgan fingerprint density at radius 1 is 1.64 bits per heavy atom. The molecule has 3 nitrogen and oxygen atoms in total. The van der Waals surface area contributed by atoms with Crippen LogP contribution in [-0.4, -0.2) is 12.1 Å². The van der Waals surface area contributed by atoms with Gasteiger partial charge in [0.1, 0.15) is 0 Å². The highest BCUT2D eigenvalue weighted by atomic mass is 79.9. The Labute approximate surface area is 95.0 Å². The average Bonchev–Trinajstić information content (AvgIpc) is 2.86. The molecule has 0 atom stereocenters. The molecule has 76 valence electrons. The number of hydrogen-bond acceptors (Lipinski definition) is 2. The van der Waals surface area contributed by atoms with Crippen LogP contribution in [0.3, 0.4) is 0 Å². The Bertz CT molecular complexity index is 335. The van der Waals surface area contributed by atoms with Gasteiger partial charge in [0.05, 0.1) is 6.54 Å². The van der Waals surface area contributed by atoms with Gasteiger partial charge in [0.25, 0.3) is 0 Å². The molecule has 2 N–H and O–H groups in total. The van der Waals surface area contributed by atoms with E-state index in [0.29, 0.717) is 12.6 Å². The lowest BCUT2D eigenvalue weighted by molar-refractivity contribution is 0.240. The molecule has 1 aromatic heterocycles. The third kappa shape index (κ3) is 2.72. The van der Waals surface area contributed by atoms with Gasteiger partial charge in [-0.1, -0.05) is 0 Å². The van der Waals surface area contributed by atoms with Crippen LogP contribution in [0.25, 0.3) is 0 Å². The first-order chi connectivity index (χ1) is 6.75. The number of rotatable bonds is 3. The van der Waals surface area contributed by atoms with Gasteiger partial charge in [-0.2, -0.15) is 0 Å². The topological polar surface area (TPSA) is 41.1 Å². The van der Waals surface area contributed by atoms with Gasteiger partial charge in [-0.05, 0) is 40.2 Å². The number of urea groups is 1. The first kappa shape index (κ1) is 9.98. The van der Waals surface area contributed by atoms with E-state index in [1.165, 1.54) is 0 Å². The molecule has 1 aliphatic rings. The summed E-state index contributed by atoms with van der Waals surface area (Å²) in [5.74, 6) is 0. The highest BCUT2D eigenvalue weighted by Crippen LogP contribution is 2.22. The quantitative estimate of drug-likeness (QED) is 0.874. The van der Waals surface area contributed by atoms with E-state index in [1.54, 1.807) is 11.3 Å². The Morgan fingerprint density at radius 2 is 2.43 bits per heavy atom. The minimum atomic E-state index is -0.0622. The lowest BCUT2D eigenvalue weighted by atomic mass is 10.5. The van der Waals surface area contributed by atoms with Gasteiger partial charge < -0.3 is 10.6 Å². The maximum Gasteiger partial charge on any atom is 0.315 e. The summed E-state index contributed by atoms with van der Waals surface area (Å²) in [5.41, 5.74) is 0. The zero-order valence-corrected chi connectivity index (χ0v) is 9.95. The molecule has 0 radical (unpaired) electrons. The van der Waals surface area contributed by atoms with Crippen molar-refractivity contribution in [2.75, 3.05) is 0 Å². The summed E-state index contributed by atoms with van der Waals surface area (Å²) in [6.07, 6.45) is 2.24. The molecule has 1 aromatic rings. The fourth-order valence-electron chi connectivity index (χ4n) is 1.08. The lowest BCUT2D eigenvalue weighted by Gasteiger charge is -2.05. The molecule has 1 saturated carbocycles. The zero-order chi connectivity index (χ0) is 9.97. The number of carbonyl (C=O) groups excluding carboxylic acids is 1. The second kappa shape index (κ2) is 4.31. The van der Waals surface area contributed by atoms with E-state index in [1.807, 2.05) is 11.4 Å². The van der Waals surface area contributed by atoms with Crippen molar-refractivity contribution in [2.24, 2.45) is 0 Å². The number of carbonyl (C=O) groups is 1. The Hall–Kier alpha value is -0.550. The third-order valence-electron chi connectivity index (χ3n) is 2.01. The molecule has 5 heteroatoms. The summed E-state index contributed by atoms with van der Waals surface area (Å²) in [5, 5.41) is 7.70. The van der Waals surface area contributed by atoms with Crippen molar-refractivity contribution in [3.63, 3.8) is 0 Å². The van der Waals surface area contributed by atoms with E-state index in [2.05, 4.69) is 26.6 Å². The van der Waals surface area contributed by atoms with Crippen LogP contribution >= 0.6 is 27.3 Å². The van der Waals surface area contributed by atoms with Crippen molar-refractivity contribution in [3.05, 3.63) is 20.8 Å². The number of nitrogens with one attached hydrogen (secondary N) is 2. The summed E-state index contributed by atoms with van der Waals surface area (Å²) in [6, 6.07) is 2.34. The number of hydrogen-bond donors (Lipinski definition) is 2. The maximum absolute atomic E-state index is 11.3. The molecule has 14 heavy (non-hydrogen) atoms. The molecule has 2 amide bonds. The molecule has 1 fully saturated rings. The largest absolute Gasteiger partial charge is 0.335 e. The van der Waals surface area contributed by atoms with Crippen molar-refractivity contribution >= 4 is 33.3 Å². The minimum Gasteiger partial charge on any atom is -0.335 e. The average molecular weight is 275 g/mol. The van der Waals surface area contributed by atoms with Crippen LogP contribution in [0.5, 0.6) is 0 Å². The summed E-state index contributed by atoms with van der Waals surface area (Å²) in [6.45, 7) is 0.594. The van der Waals surface area contributed by atoms with Crippen LogP contribution in [0, 0.1) is 0 Å². The van der Waals surface area contributed by atoms with Crippen LogP contribution in [0.4, 0.5) is 4.79 Å². The lowest BCUT2D eigenvalue weighted by Crippen LogP contribution is -2.36. The molecule has 0 unspecified atom stereocenters. The second-order valence-corrected chi connectivity index (χ2v) is 5.15. The monoisotopic (exact) mass is 274 g/mol. The van der Waals surface area contributed by atoms with Gasteiger partial charge in [0.2, 0.25) is 0 Å². The molecular formula is C9H11BrN2OS. The molecule has 0 aromatic carbocycles. The first-order valence-corrected chi connectivity index (χ1v) is 6.19. The molecule has 0 bridgehead atoms. The first-order valence-electron chi connectivity index (χ1n) is 4.52. The van der Waals surface area contributed by atoms with Crippen molar-refractivity contribution in [3.8, 4) is 0 Å². The zero-order valence-electron chi connectivity index (χ0n) is 7.55. The van der Waals surface area contributed by atoms with Gasteiger partial charge in [0.15, 0.2) is 0 Å². The van der Waals surface area contributed by atoms with Crippen LogP contribution < -0.4 is 10.6 Å². The van der Waals surface area contributed by atoms with Crippen LogP contribution in [-0.2, 0) is 6.54 Å². The maximum atomic E-state index is 11.3. The van der Waals surface area contributed by atoms with Crippen LogP contribution in [0.2, 0.25) is 0 Å². The molecule has 1 aliphatic carbocycles. The molecule has 0 aliphatic heterocycles. The van der Waals surface area contributed by atoms with Crippen molar-refractivity contribution in [1.82, 2.24) is 10.6 Å². The van der Waals surface area contributed by atoms with Gasteiger partial charge in [-0.3, -0.25) is 0 Å². The molecule has 0 spiro atoms. The van der Waals surface area contributed by atoms with Crippen molar-refractivity contribution in [1.29, 1.82) is 0 Å². The summed E-state index contributed by atoms with van der Waals surface area (Å²) < 4.78 is 1.06. The van der Waals surface area contributed by atoms with Crippen LogP contribution in [0.15, 0.2) is 15.9 Å². The Balaban J connectivity index is 1.76. The minimum absolute atomic E-state index is 0.0622. The smallest absolute Gasteiger partial charge is 0.315 e. The third-order valence-corrected chi connectivity index (χ3v) is 3.94. The highest BCUT2D eigenvalue weighted by molar-refractivity contribution is 9.10. The summed E-state index contributed by atoms with van der Waals surface area (Å²) in [4.78, 5) is 12.4. The molecule has 2 rings (SSSR count). The predicted molar refractivity (Wildman–Crippen MR) is 60.4 cm³/mol.